The summed E-state index contributed by atoms with van der Waals surface area (Å²) in [6, 6.07) is 4.58. The quantitative estimate of drug-likeness (QED) is 0.829. The highest BCUT2D eigenvalue weighted by atomic mass is 28.3. The fraction of sp³-hybridized carbons (Fsp3) is 0.500. The molecule has 1 aromatic carbocycles. The van der Waals surface area contributed by atoms with Crippen LogP contribution >= 0.6 is 0 Å². The molecule has 4 heteroatoms. The molecule has 1 unspecified atom stereocenters. The maximum atomic E-state index is 14.0. The molecule has 0 spiro atoms. The lowest BCUT2D eigenvalue weighted by atomic mass is 10.1. The highest BCUT2D eigenvalue weighted by Crippen LogP contribution is 2.33. The predicted octanol–water partition coefficient (Wildman–Crippen LogP) is 3.51. The van der Waals surface area contributed by atoms with Crippen molar-refractivity contribution in [3.8, 4) is 5.75 Å². The lowest BCUT2D eigenvalue weighted by molar-refractivity contribution is 0.159. The van der Waals surface area contributed by atoms with E-state index >= 15 is 0 Å². The first-order chi connectivity index (χ1) is 8.20. The Bertz CT molecular complexity index is 411. The van der Waals surface area contributed by atoms with Gasteiger partial charge in [-0.1, -0.05) is 26.6 Å². The second kappa shape index (κ2) is 5.41. The highest BCUT2D eigenvalue weighted by Gasteiger charge is 2.40. The van der Waals surface area contributed by atoms with Crippen LogP contribution in [0.25, 0.3) is 0 Å². The van der Waals surface area contributed by atoms with Gasteiger partial charge in [-0.05, 0) is 25.5 Å². The standard InChI is InChI=1S/C14H22FO2Si/c1-6-9-17-11-7-8-12(13(15)10-11)14(2,16)18(3,4)5/h7-8,10,16H,2,6,9H2,1,3-5H3. The minimum absolute atomic E-state index is 0.255. The molecule has 0 heterocycles. The van der Waals surface area contributed by atoms with Crippen molar-refractivity contribution in [3.05, 3.63) is 36.5 Å². The van der Waals surface area contributed by atoms with Crippen LogP contribution < -0.4 is 4.74 Å². The number of hydrogen-bond donors (Lipinski definition) is 1. The van der Waals surface area contributed by atoms with Crippen LogP contribution in [0.5, 0.6) is 5.75 Å². The molecule has 0 amide bonds. The van der Waals surface area contributed by atoms with E-state index in [1.807, 2.05) is 26.6 Å². The minimum Gasteiger partial charge on any atom is -0.494 e. The van der Waals surface area contributed by atoms with Crippen LogP contribution in [0.15, 0.2) is 18.2 Å². The van der Waals surface area contributed by atoms with E-state index in [1.54, 1.807) is 12.1 Å². The molecule has 2 nitrogen and oxygen atoms in total. The largest absolute Gasteiger partial charge is 0.494 e. The summed E-state index contributed by atoms with van der Waals surface area (Å²) >= 11 is 0. The van der Waals surface area contributed by atoms with Crippen molar-refractivity contribution in [2.24, 2.45) is 0 Å². The Hall–Kier alpha value is -0.873. The van der Waals surface area contributed by atoms with E-state index in [0.29, 0.717) is 12.4 Å². The summed E-state index contributed by atoms with van der Waals surface area (Å²) in [5.41, 5.74) is 0.255. The Balaban J connectivity index is 3.06. The number of hydrogen-bond acceptors (Lipinski definition) is 2. The van der Waals surface area contributed by atoms with Gasteiger partial charge in [0.15, 0.2) is 0 Å². The van der Waals surface area contributed by atoms with Gasteiger partial charge in [-0.3, -0.25) is 0 Å². The summed E-state index contributed by atoms with van der Waals surface area (Å²) in [6.45, 7) is 12.2. The molecule has 101 valence electrons. The van der Waals surface area contributed by atoms with Crippen LogP contribution in [0.1, 0.15) is 18.9 Å². The van der Waals surface area contributed by atoms with Crippen LogP contribution in [-0.2, 0) is 5.22 Å². The Morgan fingerprint density at radius 1 is 1.39 bits per heavy atom. The number of aliphatic hydroxyl groups is 1. The monoisotopic (exact) mass is 269 g/mol. The summed E-state index contributed by atoms with van der Waals surface area (Å²) in [4.78, 5) is 0. The van der Waals surface area contributed by atoms with Gasteiger partial charge in [0.05, 0.1) is 19.9 Å². The van der Waals surface area contributed by atoms with E-state index in [2.05, 4.69) is 6.92 Å². The topological polar surface area (TPSA) is 29.5 Å². The molecule has 1 N–H and O–H groups in total. The molecule has 0 saturated heterocycles. The van der Waals surface area contributed by atoms with Crippen molar-refractivity contribution in [2.75, 3.05) is 6.61 Å². The number of halogens is 1. The number of benzene rings is 1. The zero-order valence-electron chi connectivity index (χ0n) is 11.6. The minimum atomic E-state index is -2.04. The third-order valence-corrected chi connectivity index (χ3v) is 5.85. The van der Waals surface area contributed by atoms with E-state index in [1.165, 1.54) is 6.07 Å². The molecule has 1 radical (unpaired) electrons. The number of ether oxygens (including phenoxy) is 1. The third-order valence-electron chi connectivity index (χ3n) is 3.10. The SMILES string of the molecule is [CH2]C(O)(c1ccc(OCCC)cc1F)[Si](C)(C)C. The van der Waals surface area contributed by atoms with Gasteiger partial charge in [-0.15, -0.1) is 0 Å². The first kappa shape index (κ1) is 15.2. The molecule has 0 aromatic heterocycles. The van der Waals surface area contributed by atoms with Gasteiger partial charge in [0.1, 0.15) is 11.6 Å². The maximum absolute atomic E-state index is 14.0. The molecule has 0 aliphatic heterocycles. The molecule has 1 rings (SSSR count). The number of rotatable bonds is 5. The molecular formula is C14H22FO2Si. The average molecular weight is 269 g/mol. The molecule has 0 aliphatic carbocycles. The Morgan fingerprint density at radius 2 is 2.00 bits per heavy atom. The zero-order chi connectivity index (χ0) is 14.0. The summed E-state index contributed by atoms with van der Waals surface area (Å²) < 4.78 is 19.4. The fourth-order valence-electron chi connectivity index (χ4n) is 1.54. The zero-order valence-corrected chi connectivity index (χ0v) is 12.6. The molecule has 1 atom stereocenters. The molecule has 0 fully saturated rings. The van der Waals surface area contributed by atoms with Gasteiger partial charge in [0.25, 0.3) is 0 Å². The Morgan fingerprint density at radius 3 is 2.44 bits per heavy atom. The van der Waals surface area contributed by atoms with Gasteiger partial charge in [-0.2, -0.15) is 0 Å². The maximum Gasteiger partial charge on any atom is 0.132 e. The highest BCUT2D eigenvalue weighted by molar-refractivity contribution is 6.78. The van der Waals surface area contributed by atoms with E-state index in [9.17, 15) is 9.50 Å². The van der Waals surface area contributed by atoms with E-state index in [0.717, 1.165) is 6.42 Å². The van der Waals surface area contributed by atoms with Gasteiger partial charge in [-0.25, -0.2) is 4.39 Å². The van der Waals surface area contributed by atoms with E-state index in [4.69, 9.17) is 4.74 Å². The molecule has 18 heavy (non-hydrogen) atoms. The molecule has 0 aliphatic rings. The van der Waals surface area contributed by atoms with Crippen LogP contribution in [0.3, 0.4) is 0 Å². The third kappa shape index (κ3) is 3.12. The fourth-order valence-corrected chi connectivity index (χ4v) is 2.56. The van der Waals surface area contributed by atoms with Gasteiger partial charge in [0.2, 0.25) is 0 Å². The van der Waals surface area contributed by atoms with Gasteiger partial charge in [0, 0.05) is 11.6 Å². The van der Waals surface area contributed by atoms with Crippen molar-refractivity contribution in [1.29, 1.82) is 0 Å². The van der Waals surface area contributed by atoms with Crippen LogP contribution in [0.2, 0.25) is 19.6 Å². The van der Waals surface area contributed by atoms with E-state index in [-0.39, 0.29) is 5.56 Å². The van der Waals surface area contributed by atoms with Crippen molar-refractivity contribution in [2.45, 2.75) is 38.2 Å². The lowest BCUT2D eigenvalue weighted by Crippen LogP contribution is -2.47. The van der Waals surface area contributed by atoms with Crippen molar-refractivity contribution in [3.63, 3.8) is 0 Å². The molecule has 0 saturated carbocycles. The molecule has 0 bridgehead atoms. The second-order valence-electron chi connectivity index (χ2n) is 5.60. The Kier molecular flexibility index (Phi) is 4.56. The van der Waals surface area contributed by atoms with Gasteiger partial charge >= 0.3 is 0 Å². The van der Waals surface area contributed by atoms with Crippen molar-refractivity contribution >= 4 is 8.07 Å². The molecule has 1 aromatic rings. The van der Waals surface area contributed by atoms with Crippen molar-refractivity contribution in [1.82, 2.24) is 0 Å². The predicted molar refractivity (Wildman–Crippen MR) is 74.8 cm³/mol. The summed E-state index contributed by atoms with van der Waals surface area (Å²) in [7, 11) is -2.04. The smallest absolute Gasteiger partial charge is 0.132 e. The van der Waals surface area contributed by atoms with Crippen LogP contribution in [-0.4, -0.2) is 19.8 Å². The van der Waals surface area contributed by atoms with Crippen LogP contribution in [0.4, 0.5) is 4.39 Å². The summed E-state index contributed by atoms with van der Waals surface area (Å²) in [5, 5.41) is 9.11. The van der Waals surface area contributed by atoms with Gasteiger partial charge < -0.3 is 9.84 Å². The van der Waals surface area contributed by atoms with Crippen molar-refractivity contribution < 1.29 is 14.2 Å². The lowest BCUT2D eigenvalue weighted by Gasteiger charge is -2.36. The first-order valence-electron chi connectivity index (χ1n) is 6.20. The normalized spacial score (nSPS) is 15.3. The molecular weight excluding hydrogens is 247 g/mol. The second-order valence-corrected chi connectivity index (χ2v) is 10.9. The summed E-state index contributed by atoms with van der Waals surface area (Å²) in [5.74, 6) is 0.0352. The van der Waals surface area contributed by atoms with E-state index < -0.39 is 19.1 Å². The first-order valence-corrected chi connectivity index (χ1v) is 9.70. The average Bonchev–Trinajstić information content (AvgIpc) is 2.24. The van der Waals surface area contributed by atoms with Crippen LogP contribution in [0, 0.1) is 12.7 Å². The summed E-state index contributed by atoms with van der Waals surface area (Å²) in [6.07, 6.45) is 0.873. The Labute approximate surface area is 110 Å².